The second-order valence-electron chi connectivity index (χ2n) is 7.07. The fourth-order valence-electron chi connectivity index (χ4n) is 3.41. The van der Waals surface area contributed by atoms with Crippen LogP contribution in [0.4, 0.5) is 0 Å². The zero-order valence-corrected chi connectivity index (χ0v) is 20.6. The van der Waals surface area contributed by atoms with Crippen LogP contribution in [0, 0.1) is 0 Å². The lowest BCUT2D eigenvalue weighted by atomic mass is 9.98. The van der Waals surface area contributed by atoms with Gasteiger partial charge in [-0.3, -0.25) is 19.6 Å². The summed E-state index contributed by atoms with van der Waals surface area (Å²) in [6.45, 7) is 1.91. The number of ether oxygens (including phenoxy) is 1. The van der Waals surface area contributed by atoms with E-state index in [1.165, 1.54) is 58.4 Å². The normalized spacial score (nSPS) is 21.9. The second kappa shape index (κ2) is 10.3. The third kappa shape index (κ3) is 4.64. The number of H-pyrrole nitrogens is 1. The topological polar surface area (TPSA) is 181 Å². The number of carboxylic acid groups (broad SMARTS) is 1. The number of fused-ring (bicyclic) bond motifs is 1. The number of rotatable bonds is 11. The van der Waals surface area contributed by atoms with Crippen LogP contribution in [-0.4, -0.2) is 98.6 Å². The van der Waals surface area contributed by atoms with Crippen LogP contribution in [-0.2, 0) is 31.4 Å². The number of nitrogens with zero attached hydrogens (tertiary/aromatic N) is 7. The Morgan fingerprint density at radius 2 is 2.29 bits per heavy atom. The lowest BCUT2D eigenvalue weighted by Gasteiger charge is -2.55. The fourth-order valence-corrected chi connectivity index (χ4v) is 6.39. The minimum Gasteiger partial charge on any atom is -0.477 e. The summed E-state index contributed by atoms with van der Waals surface area (Å²) in [7, 11) is 1.31. The monoisotopic (exact) mass is 527 g/mol. The van der Waals surface area contributed by atoms with E-state index in [0.717, 1.165) is 0 Å². The Morgan fingerprint density at radius 1 is 1.47 bits per heavy atom. The molecule has 0 aromatic carbocycles. The van der Waals surface area contributed by atoms with Crippen LogP contribution >= 0.6 is 35.3 Å². The molecule has 2 aromatic rings. The summed E-state index contributed by atoms with van der Waals surface area (Å²) in [5.74, 6) is -0.649. The van der Waals surface area contributed by atoms with Gasteiger partial charge in [-0.25, -0.2) is 9.78 Å². The maximum absolute atomic E-state index is 13.1. The van der Waals surface area contributed by atoms with Gasteiger partial charge in [0.15, 0.2) is 11.0 Å². The van der Waals surface area contributed by atoms with Gasteiger partial charge in [0.25, 0.3) is 11.6 Å². The van der Waals surface area contributed by atoms with Crippen LogP contribution in [0.2, 0.25) is 0 Å². The average Bonchev–Trinajstić information content (AvgIpc) is 3.52. The molecule has 182 valence electrons. The minimum atomic E-state index is -1.63. The molecule has 3 N–H and O–H groups in total. The number of thioether (sulfide) groups is 3. The van der Waals surface area contributed by atoms with Crippen molar-refractivity contribution in [2.75, 3.05) is 24.4 Å². The van der Waals surface area contributed by atoms with Gasteiger partial charge in [-0.15, -0.1) is 33.7 Å². The van der Waals surface area contributed by atoms with Crippen LogP contribution < -0.4 is 5.32 Å². The Hall–Kier alpha value is -2.63. The SMILES string of the molecule is CCc1nnn(CSCC(=O)N[C@]2(OC)C(=O)N3C(C(=O)O)=C(CSc4ncn[nH]4)CSC32)n1. The smallest absolute Gasteiger partial charge is 0.352 e. The first-order valence-corrected chi connectivity index (χ1v) is 13.2. The zero-order valence-electron chi connectivity index (χ0n) is 18.1. The number of amides is 2. The molecule has 0 saturated carbocycles. The number of carbonyl (C=O) groups is 3. The van der Waals surface area contributed by atoms with Crippen molar-refractivity contribution >= 4 is 53.1 Å². The van der Waals surface area contributed by atoms with Gasteiger partial charge in [-0.2, -0.15) is 9.90 Å². The number of methoxy groups -OCH3 is 1. The van der Waals surface area contributed by atoms with Gasteiger partial charge in [0, 0.05) is 25.0 Å². The Labute approximate surface area is 206 Å². The van der Waals surface area contributed by atoms with Gasteiger partial charge in [0.05, 0.1) is 5.75 Å². The van der Waals surface area contributed by atoms with Crippen LogP contribution in [0.1, 0.15) is 12.7 Å². The Morgan fingerprint density at radius 3 is 2.94 bits per heavy atom. The quantitative estimate of drug-likeness (QED) is 0.194. The molecule has 0 aliphatic carbocycles. The molecule has 2 aliphatic rings. The van der Waals surface area contributed by atoms with Crippen LogP contribution in [0.3, 0.4) is 0 Å². The summed E-state index contributed by atoms with van der Waals surface area (Å²) in [5.41, 5.74) is -1.16. The number of aromatic amines is 1. The molecule has 1 unspecified atom stereocenters. The number of tetrazole rings is 1. The molecule has 1 fully saturated rings. The van der Waals surface area contributed by atoms with E-state index in [0.29, 0.717) is 40.4 Å². The number of aryl methyl sites for hydroxylation is 1. The van der Waals surface area contributed by atoms with Crippen LogP contribution in [0.15, 0.2) is 22.8 Å². The Balaban J connectivity index is 1.40. The molecule has 2 aliphatic heterocycles. The molecule has 4 rings (SSSR count). The van der Waals surface area contributed by atoms with Gasteiger partial charge in [0.2, 0.25) is 5.91 Å². The van der Waals surface area contributed by atoms with Crippen molar-refractivity contribution in [1.82, 2.24) is 45.6 Å². The molecule has 0 bridgehead atoms. The number of carbonyl (C=O) groups excluding carboxylic acids is 2. The largest absolute Gasteiger partial charge is 0.477 e. The highest BCUT2D eigenvalue weighted by Gasteiger charge is 2.66. The number of hydrogen-bond acceptors (Lipinski definition) is 12. The van der Waals surface area contributed by atoms with Gasteiger partial charge < -0.3 is 15.2 Å². The van der Waals surface area contributed by atoms with E-state index in [4.69, 9.17) is 4.74 Å². The molecule has 2 amide bonds. The van der Waals surface area contributed by atoms with Crippen molar-refractivity contribution in [2.24, 2.45) is 0 Å². The first-order valence-electron chi connectivity index (χ1n) is 9.99. The highest BCUT2D eigenvalue weighted by molar-refractivity contribution is 8.01. The molecule has 4 heterocycles. The van der Waals surface area contributed by atoms with E-state index in [1.807, 2.05) is 6.92 Å². The van der Waals surface area contributed by atoms with Gasteiger partial charge >= 0.3 is 5.97 Å². The maximum atomic E-state index is 13.1. The standard InChI is InChI=1S/C17H21N9O5S3/c1-3-10-21-24-25(23-10)8-32-6-11(27)20-17(31-2)14(30)26-12(13(28)29)9(4-33-15(17)26)5-34-16-18-7-19-22-16/h7,15H,3-6,8H2,1-2H3,(H,20,27)(H,28,29)(H,18,19,22)/t15?,17-/m0/s1. The van der Waals surface area contributed by atoms with E-state index < -0.39 is 28.9 Å². The van der Waals surface area contributed by atoms with Crippen molar-refractivity contribution in [2.45, 2.75) is 35.5 Å². The molecule has 17 heteroatoms. The summed E-state index contributed by atoms with van der Waals surface area (Å²) in [6.07, 6.45) is 2.02. The van der Waals surface area contributed by atoms with E-state index >= 15 is 0 Å². The highest BCUT2D eigenvalue weighted by atomic mass is 32.2. The molecule has 0 radical (unpaired) electrons. The molecule has 2 aromatic heterocycles. The first-order chi connectivity index (χ1) is 16.4. The van der Waals surface area contributed by atoms with E-state index in [2.05, 4.69) is 35.9 Å². The Kier molecular flexibility index (Phi) is 7.44. The number of β-lactam (4-membered cyclic amide) rings is 1. The van der Waals surface area contributed by atoms with Crippen molar-refractivity contribution < 1.29 is 24.2 Å². The highest BCUT2D eigenvalue weighted by Crippen LogP contribution is 2.47. The number of hydrogen-bond donors (Lipinski definition) is 3. The average molecular weight is 528 g/mol. The molecular weight excluding hydrogens is 506 g/mol. The van der Waals surface area contributed by atoms with Crippen LogP contribution in [0.25, 0.3) is 0 Å². The zero-order chi connectivity index (χ0) is 24.3. The van der Waals surface area contributed by atoms with E-state index in [9.17, 15) is 19.5 Å². The third-order valence-corrected chi connectivity index (χ3v) is 8.20. The Bertz CT molecular complexity index is 1110. The molecular formula is C17H21N9O5S3. The molecule has 1 saturated heterocycles. The first kappa shape index (κ1) is 24.5. The van der Waals surface area contributed by atoms with E-state index in [-0.39, 0.29) is 11.4 Å². The number of aliphatic carboxylic acids is 1. The minimum absolute atomic E-state index is 0.0273. The molecule has 2 atom stereocenters. The summed E-state index contributed by atoms with van der Waals surface area (Å²) in [6, 6.07) is 0. The van der Waals surface area contributed by atoms with Crippen molar-refractivity contribution in [1.29, 1.82) is 0 Å². The fraction of sp³-hybridized carbons (Fsp3) is 0.529. The lowest BCUT2D eigenvalue weighted by molar-refractivity contribution is -0.192. The number of nitrogens with one attached hydrogen (secondary N) is 2. The van der Waals surface area contributed by atoms with Crippen molar-refractivity contribution in [3.63, 3.8) is 0 Å². The summed E-state index contributed by atoms with van der Waals surface area (Å²) in [4.78, 5) is 44.3. The van der Waals surface area contributed by atoms with Gasteiger partial charge in [-0.1, -0.05) is 18.7 Å². The summed E-state index contributed by atoms with van der Waals surface area (Å²) < 4.78 is 5.45. The molecule has 34 heavy (non-hydrogen) atoms. The number of aromatic nitrogens is 7. The second-order valence-corrected chi connectivity index (χ2v) is 10.1. The maximum Gasteiger partial charge on any atom is 0.352 e. The molecule has 14 nitrogen and oxygen atoms in total. The number of carboxylic acids is 1. The lowest BCUT2D eigenvalue weighted by Crippen LogP contribution is -2.80. The molecule has 0 spiro atoms. The summed E-state index contributed by atoms with van der Waals surface area (Å²) in [5, 5.41) is 30.7. The predicted octanol–water partition coefficient (Wildman–Crippen LogP) is -0.451. The van der Waals surface area contributed by atoms with Crippen molar-refractivity contribution in [3.8, 4) is 0 Å². The summed E-state index contributed by atoms with van der Waals surface area (Å²) >= 11 is 3.86. The van der Waals surface area contributed by atoms with Gasteiger partial charge in [0.1, 0.15) is 23.3 Å². The van der Waals surface area contributed by atoms with E-state index in [1.54, 1.807) is 0 Å². The van der Waals surface area contributed by atoms with Crippen molar-refractivity contribution in [3.05, 3.63) is 23.4 Å². The van der Waals surface area contributed by atoms with Gasteiger partial charge in [-0.05, 0) is 10.8 Å². The predicted molar refractivity (Wildman–Crippen MR) is 122 cm³/mol. The van der Waals surface area contributed by atoms with Crippen LogP contribution in [0.5, 0.6) is 0 Å². The third-order valence-electron chi connectivity index (χ3n) is 4.99.